The van der Waals surface area contributed by atoms with Gasteiger partial charge < -0.3 is 10.3 Å². The average molecular weight is 220 g/mol. The maximum atomic E-state index is 11.3. The van der Waals surface area contributed by atoms with Crippen molar-refractivity contribution in [3.63, 3.8) is 0 Å². The predicted octanol–water partition coefficient (Wildman–Crippen LogP) is 2.59. The zero-order chi connectivity index (χ0) is 12.3. The molecule has 0 aromatic carbocycles. The van der Waals surface area contributed by atoms with E-state index in [1.807, 2.05) is 19.1 Å². The van der Waals surface area contributed by atoms with Crippen molar-refractivity contribution in [1.29, 1.82) is 0 Å². The van der Waals surface area contributed by atoms with Crippen LogP contribution >= 0.6 is 0 Å². The van der Waals surface area contributed by atoms with E-state index in [2.05, 4.69) is 25.0 Å². The Morgan fingerprint density at radius 3 is 2.75 bits per heavy atom. The summed E-state index contributed by atoms with van der Waals surface area (Å²) in [6.07, 6.45) is 2.88. The van der Waals surface area contributed by atoms with Gasteiger partial charge >= 0.3 is 0 Å². The van der Waals surface area contributed by atoms with E-state index in [9.17, 15) is 4.79 Å². The van der Waals surface area contributed by atoms with Crippen molar-refractivity contribution >= 4 is 5.91 Å². The number of carbonyl (C=O) groups is 1. The number of nitrogens with two attached hydrogens (primary N) is 1. The number of aromatic nitrogens is 1. The van der Waals surface area contributed by atoms with Crippen LogP contribution in [0.1, 0.15) is 47.9 Å². The first kappa shape index (κ1) is 12.6. The van der Waals surface area contributed by atoms with Crippen LogP contribution in [0.25, 0.3) is 0 Å². The minimum absolute atomic E-state index is 0.357. The second-order valence-electron chi connectivity index (χ2n) is 4.14. The van der Waals surface area contributed by atoms with Crippen LogP contribution in [0.3, 0.4) is 0 Å². The molecule has 0 aliphatic heterocycles. The Balaban J connectivity index is 3.29. The molecule has 0 saturated carbocycles. The van der Waals surface area contributed by atoms with Gasteiger partial charge in [0.15, 0.2) is 0 Å². The van der Waals surface area contributed by atoms with Crippen molar-refractivity contribution in [1.82, 2.24) is 4.57 Å². The first-order valence-corrected chi connectivity index (χ1v) is 5.63. The number of allylic oxidation sites excluding steroid dienone is 1. The van der Waals surface area contributed by atoms with Crippen molar-refractivity contribution in [2.45, 2.75) is 39.7 Å². The third-order valence-corrected chi connectivity index (χ3v) is 3.09. The summed E-state index contributed by atoms with van der Waals surface area (Å²) in [6.45, 7) is 10.7. The van der Waals surface area contributed by atoms with E-state index < -0.39 is 0 Å². The van der Waals surface area contributed by atoms with Crippen molar-refractivity contribution in [3.8, 4) is 0 Å². The fraction of sp³-hybridized carbons (Fsp3) is 0.462. The van der Waals surface area contributed by atoms with Crippen LogP contribution in [0.2, 0.25) is 0 Å². The van der Waals surface area contributed by atoms with Gasteiger partial charge in [-0.1, -0.05) is 19.9 Å². The minimum Gasteiger partial charge on any atom is -0.366 e. The molecule has 0 spiro atoms. The second kappa shape index (κ2) is 5.01. The molecule has 1 aromatic heterocycles. The van der Waals surface area contributed by atoms with Gasteiger partial charge in [-0.2, -0.15) is 0 Å². The summed E-state index contributed by atoms with van der Waals surface area (Å²) < 4.78 is 2.11. The molecule has 1 rings (SSSR count). The summed E-state index contributed by atoms with van der Waals surface area (Å²) in [4.78, 5) is 11.3. The highest BCUT2D eigenvalue weighted by Crippen LogP contribution is 2.24. The molecule has 0 bridgehead atoms. The molecule has 0 aliphatic rings. The molecule has 1 aromatic rings. The maximum absolute atomic E-state index is 11.3. The first-order chi connectivity index (χ1) is 7.52. The molecular formula is C13H20N2O. The van der Waals surface area contributed by atoms with E-state index >= 15 is 0 Å². The zero-order valence-corrected chi connectivity index (χ0v) is 10.3. The van der Waals surface area contributed by atoms with E-state index in [0.717, 1.165) is 24.4 Å². The maximum Gasteiger partial charge on any atom is 0.250 e. The van der Waals surface area contributed by atoms with Crippen molar-refractivity contribution in [2.75, 3.05) is 0 Å². The van der Waals surface area contributed by atoms with Gasteiger partial charge in [-0.05, 0) is 25.3 Å². The third-order valence-electron chi connectivity index (χ3n) is 3.09. The lowest BCUT2D eigenvalue weighted by Gasteiger charge is -2.13. The molecule has 0 saturated heterocycles. The number of hydrogen-bond acceptors (Lipinski definition) is 1. The van der Waals surface area contributed by atoms with Gasteiger partial charge in [0.2, 0.25) is 0 Å². The molecular weight excluding hydrogens is 200 g/mol. The molecule has 0 aliphatic carbocycles. The molecule has 3 heteroatoms. The highest BCUT2D eigenvalue weighted by atomic mass is 16.1. The smallest absolute Gasteiger partial charge is 0.250 e. The minimum atomic E-state index is -0.357. The quantitative estimate of drug-likeness (QED) is 0.762. The lowest BCUT2D eigenvalue weighted by Crippen LogP contribution is -2.12. The molecule has 3 nitrogen and oxygen atoms in total. The highest BCUT2D eigenvalue weighted by Gasteiger charge is 2.17. The molecule has 1 atom stereocenters. The van der Waals surface area contributed by atoms with Crippen LogP contribution in [-0.4, -0.2) is 10.5 Å². The lowest BCUT2D eigenvalue weighted by atomic mass is 10.0. The average Bonchev–Trinajstić information content (AvgIpc) is 2.57. The third kappa shape index (κ3) is 2.18. The molecule has 1 amide bonds. The van der Waals surface area contributed by atoms with Crippen molar-refractivity contribution in [2.24, 2.45) is 5.73 Å². The van der Waals surface area contributed by atoms with Gasteiger partial charge in [0.25, 0.3) is 5.91 Å². The van der Waals surface area contributed by atoms with Crippen LogP contribution < -0.4 is 5.73 Å². The van der Waals surface area contributed by atoms with Crippen LogP contribution in [0.4, 0.5) is 0 Å². The van der Waals surface area contributed by atoms with E-state index in [0.29, 0.717) is 11.5 Å². The summed E-state index contributed by atoms with van der Waals surface area (Å²) in [5, 5.41) is 0. The van der Waals surface area contributed by atoms with Crippen molar-refractivity contribution in [3.05, 3.63) is 35.7 Å². The molecule has 2 N–H and O–H groups in total. The van der Waals surface area contributed by atoms with Gasteiger partial charge in [-0.15, -0.1) is 6.58 Å². The Labute approximate surface area is 96.9 Å². The molecule has 0 fully saturated rings. The lowest BCUT2D eigenvalue weighted by molar-refractivity contribution is 0.0999. The van der Waals surface area contributed by atoms with Gasteiger partial charge in [-0.3, -0.25) is 4.79 Å². The van der Waals surface area contributed by atoms with Gasteiger partial charge in [-0.25, -0.2) is 0 Å². The summed E-state index contributed by atoms with van der Waals surface area (Å²) in [6, 6.07) is 1.91. The van der Waals surface area contributed by atoms with Crippen molar-refractivity contribution < 1.29 is 4.79 Å². The van der Waals surface area contributed by atoms with Gasteiger partial charge in [0.05, 0.1) is 5.56 Å². The Morgan fingerprint density at radius 1 is 1.69 bits per heavy atom. The second-order valence-corrected chi connectivity index (χ2v) is 4.14. The van der Waals surface area contributed by atoms with Gasteiger partial charge in [0.1, 0.15) is 0 Å². The SMILES string of the molecule is C=CCn1c(C(C)CC)cc(C(N)=O)c1C. The van der Waals surface area contributed by atoms with E-state index in [1.165, 1.54) is 0 Å². The Kier molecular flexibility index (Phi) is 3.93. The fourth-order valence-electron chi connectivity index (χ4n) is 1.91. The van der Waals surface area contributed by atoms with E-state index in [4.69, 9.17) is 5.73 Å². The summed E-state index contributed by atoms with van der Waals surface area (Å²) in [7, 11) is 0. The topological polar surface area (TPSA) is 48.0 Å². The van der Waals surface area contributed by atoms with Crippen LogP contribution in [0, 0.1) is 6.92 Å². The Hall–Kier alpha value is -1.51. The summed E-state index contributed by atoms with van der Waals surface area (Å²) in [5.74, 6) is 0.0663. The molecule has 88 valence electrons. The summed E-state index contributed by atoms with van der Waals surface area (Å²) in [5.41, 5.74) is 8.07. The largest absolute Gasteiger partial charge is 0.366 e. The fourth-order valence-corrected chi connectivity index (χ4v) is 1.91. The van der Waals surface area contributed by atoms with Crippen LogP contribution in [-0.2, 0) is 6.54 Å². The Bertz CT molecular complexity index is 404. The van der Waals surface area contributed by atoms with Crippen LogP contribution in [0.15, 0.2) is 18.7 Å². The number of carbonyl (C=O) groups excluding carboxylic acids is 1. The highest BCUT2D eigenvalue weighted by molar-refractivity contribution is 5.94. The zero-order valence-electron chi connectivity index (χ0n) is 10.3. The number of nitrogens with zero attached hydrogens (tertiary/aromatic N) is 1. The number of amides is 1. The predicted molar refractivity (Wildman–Crippen MR) is 66.6 cm³/mol. The van der Waals surface area contributed by atoms with Crippen LogP contribution in [0.5, 0.6) is 0 Å². The Morgan fingerprint density at radius 2 is 2.31 bits per heavy atom. The molecule has 0 radical (unpaired) electrons. The van der Waals surface area contributed by atoms with E-state index in [-0.39, 0.29) is 5.91 Å². The molecule has 1 unspecified atom stereocenters. The normalized spacial score (nSPS) is 12.4. The number of hydrogen-bond donors (Lipinski definition) is 1. The monoisotopic (exact) mass is 220 g/mol. The van der Waals surface area contributed by atoms with Gasteiger partial charge in [0, 0.05) is 17.9 Å². The standard InChI is InChI=1S/C13H20N2O/c1-5-7-15-10(4)11(13(14)16)8-12(15)9(3)6-2/h5,8-9H,1,6-7H2,2-4H3,(H2,14,16). The first-order valence-electron chi connectivity index (χ1n) is 5.63. The molecule has 1 heterocycles. The number of primary amides is 1. The number of rotatable bonds is 5. The molecule has 16 heavy (non-hydrogen) atoms. The van der Waals surface area contributed by atoms with E-state index in [1.54, 1.807) is 0 Å². The summed E-state index contributed by atoms with van der Waals surface area (Å²) >= 11 is 0.